The van der Waals surface area contributed by atoms with E-state index in [-0.39, 0.29) is 23.7 Å². The van der Waals surface area contributed by atoms with Crippen LogP contribution in [0.15, 0.2) is 72.9 Å². The Labute approximate surface area is 176 Å². The highest BCUT2D eigenvalue weighted by Gasteiger charge is 2.17. The van der Waals surface area contributed by atoms with E-state index in [0.717, 1.165) is 16.8 Å². The van der Waals surface area contributed by atoms with Gasteiger partial charge in [-0.05, 0) is 42.5 Å². The van der Waals surface area contributed by atoms with Crippen LogP contribution in [0.25, 0.3) is 16.9 Å². The number of hydrogen-bond donors (Lipinski definition) is 1. The van der Waals surface area contributed by atoms with E-state index in [1.807, 2.05) is 36.5 Å². The summed E-state index contributed by atoms with van der Waals surface area (Å²) in [4.78, 5) is 14.4. The van der Waals surface area contributed by atoms with Gasteiger partial charge in [-0.25, -0.2) is 14.1 Å². The van der Waals surface area contributed by atoms with Crippen LogP contribution in [0.3, 0.4) is 0 Å². The van der Waals surface area contributed by atoms with Crippen LogP contribution >= 0.6 is 0 Å². The smallest absolute Gasteiger partial charge is 0.305 e. The maximum Gasteiger partial charge on any atom is 0.305 e. The zero-order valence-corrected chi connectivity index (χ0v) is 16.1. The Morgan fingerprint density at radius 3 is 2.52 bits per heavy atom. The number of nitro groups is 1. The van der Waals surface area contributed by atoms with Gasteiger partial charge >= 0.3 is 5.69 Å². The lowest BCUT2D eigenvalue weighted by Crippen LogP contribution is -2.04. The van der Waals surface area contributed by atoms with Crippen molar-refractivity contribution in [2.45, 2.75) is 6.54 Å². The van der Waals surface area contributed by atoms with Crippen LogP contribution in [0.1, 0.15) is 11.3 Å². The molecule has 1 N–H and O–H groups in total. The SMILES string of the molecule is N#Cc1nc(NCc2cn(-c3ccccc3)nc2-c2ccc(F)cc2)ccc1[N+](=O)[O-]. The van der Waals surface area contributed by atoms with Gasteiger partial charge in [0.2, 0.25) is 5.69 Å². The molecular formula is C22H15FN6O2. The lowest BCUT2D eigenvalue weighted by molar-refractivity contribution is -0.385. The van der Waals surface area contributed by atoms with E-state index >= 15 is 0 Å². The third-order valence-electron chi connectivity index (χ3n) is 4.56. The Hall–Kier alpha value is -4.58. The molecule has 2 heterocycles. The summed E-state index contributed by atoms with van der Waals surface area (Å²) in [5, 5.41) is 27.9. The van der Waals surface area contributed by atoms with Gasteiger partial charge < -0.3 is 5.32 Å². The van der Waals surface area contributed by atoms with E-state index in [1.54, 1.807) is 22.9 Å². The number of rotatable bonds is 6. The minimum Gasteiger partial charge on any atom is -0.366 e. The van der Waals surface area contributed by atoms with Gasteiger partial charge in [0, 0.05) is 29.9 Å². The molecule has 0 saturated carbocycles. The summed E-state index contributed by atoms with van der Waals surface area (Å²) in [5.74, 6) is -0.0234. The van der Waals surface area contributed by atoms with Crippen molar-refractivity contribution >= 4 is 11.5 Å². The van der Waals surface area contributed by atoms with Gasteiger partial charge in [-0.3, -0.25) is 10.1 Å². The van der Waals surface area contributed by atoms with Crippen molar-refractivity contribution in [2.75, 3.05) is 5.32 Å². The number of anilines is 1. The first kappa shape index (κ1) is 19.7. The number of nitriles is 1. The molecule has 0 aliphatic carbocycles. The molecule has 4 aromatic rings. The van der Waals surface area contributed by atoms with E-state index in [9.17, 15) is 14.5 Å². The summed E-state index contributed by atoms with van der Waals surface area (Å²) >= 11 is 0. The summed E-state index contributed by atoms with van der Waals surface area (Å²) in [7, 11) is 0. The highest BCUT2D eigenvalue weighted by Crippen LogP contribution is 2.25. The molecule has 2 aromatic heterocycles. The van der Waals surface area contributed by atoms with Crippen LogP contribution in [0, 0.1) is 27.3 Å². The molecule has 0 atom stereocenters. The van der Waals surface area contributed by atoms with Crippen LogP contribution in [0.4, 0.5) is 15.9 Å². The van der Waals surface area contributed by atoms with Crippen molar-refractivity contribution < 1.29 is 9.31 Å². The number of nitrogens with zero attached hydrogens (tertiary/aromatic N) is 5. The molecule has 0 aliphatic heterocycles. The summed E-state index contributed by atoms with van der Waals surface area (Å²) in [6.07, 6.45) is 1.84. The number of benzene rings is 2. The Morgan fingerprint density at radius 2 is 1.84 bits per heavy atom. The fourth-order valence-electron chi connectivity index (χ4n) is 3.07. The minimum absolute atomic E-state index is 0.270. The average Bonchev–Trinajstić information content (AvgIpc) is 3.22. The molecular weight excluding hydrogens is 399 g/mol. The zero-order valence-electron chi connectivity index (χ0n) is 16.1. The zero-order chi connectivity index (χ0) is 21.8. The fraction of sp³-hybridized carbons (Fsp3) is 0.0455. The number of para-hydroxylation sites is 1. The number of halogens is 1. The first-order chi connectivity index (χ1) is 15.0. The highest BCUT2D eigenvalue weighted by atomic mass is 19.1. The molecule has 0 aliphatic rings. The van der Waals surface area contributed by atoms with E-state index in [2.05, 4.69) is 15.4 Å². The van der Waals surface area contributed by atoms with Gasteiger partial charge in [0.05, 0.1) is 16.3 Å². The minimum atomic E-state index is -0.647. The standard InChI is InChI=1S/C22H15FN6O2/c23-17-8-6-15(7-9-17)22-16(14-28(27-22)18-4-2-1-3-5-18)13-25-21-11-10-20(29(30)31)19(12-24)26-21/h1-11,14H,13H2,(H,25,26). The van der Waals surface area contributed by atoms with Gasteiger partial charge in [0.15, 0.2) is 0 Å². The van der Waals surface area contributed by atoms with Crippen molar-refractivity contribution in [3.8, 4) is 23.0 Å². The first-order valence-corrected chi connectivity index (χ1v) is 9.24. The molecule has 9 heteroatoms. The molecule has 8 nitrogen and oxygen atoms in total. The second-order valence-corrected chi connectivity index (χ2v) is 6.58. The van der Waals surface area contributed by atoms with Crippen LogP contribution in [0.2, 0.25) is 0 Å². The van der Waals surface area contributed by atoms with Gasteiger partial charge in [-0.2, -0.15) is 10.4 Å². The van der Waals surface area contributed by atoms with Gasteiger partial charge in [0.25, 0.3) is 0 Å². The summed E-state index contributed by atoms with van der Waals surface area (Å²) in [5.41, 5.74) is 2.43. The number of nitrogens with one attached hydrogen (secondary N) is 1. The molecule has 0 unspecified atom stereocenters. The normalized spacial score (nSPS) is 10.5. The lowest BCUT2D eigenvalue weighted by atomic mass is 10.1. The summed E-state index contributed by atoms with van der Waals surface area (Å²) < 4.78 is 15.1. The van der Waals surface area contributed by atoms with Crippen LogP contribution in [-0.2, 0) is 6.54 Å². The molecule has 0 radical (unpaired) electrons. The highest BCUT2D eigenvalue weighted by molar-refractivity contribution is 5.64. The quantitative estimate of drug-likeness (QED) is 0.368. The molecule has 31 heavy (non-hydrogen) atoms. The van der Waals surface area contributed by atoms with E-state index < -0.39 is 4.92 Å². The predicted octanol–water partition coefficient (Wildman–Crippen LogP) is 4.47. The maximum absolute atomic E-state index is 13.4. The average molecular weight is 414 g/mol. The Kier molecular flexibility index (Phi) is 5.36. The van der Waals surface area contributed by atoms with Crippen molar-refractivity contribution in [3.63, 3.8) is 0 Å². The van der Waals surface area contributed by atoms with Crippen molar-refractivity contribution in [3.05, 3.63) is 100 Å². The first-order valence-electron chi connectivity index (χ1n) is 9.24. The largest absolute Gasteiger partial charge is 0.366 e. The third-order valence-corrected chi connectivity index (χ3v) is 4.56. The molecule has 152 valence electrons. The van der Waals surface area contributed by atoms with Crippen molar-refractivity contribution in [2.24, 2.45) is 0 Å². The number of aromatic nitrogens is 3. The van der Waals surface area contributed by atoms with Crippen LogP contribution in [0.5, 0.6) is 0 Å². The van der Waals surface area contributed by atoms with Crippen LogP contribution < -0.4 is 5.32 Å². The maximum atomic E-state index is 13.4. The number of hydrogen-bond acceptors (Lipinski definition) is 6. The molecule has 0 fully saturated rings. The summed E-state index contributed by atoms with van der Waals surface area (Å²) in [6.45, 7) is 0.287. The topological polar surface area (TPSA) is 110 Å². The molecule has 0 amide bonds. The van der Waals surface area contributed by atoms with Gasteiger partial charge in [-0.15, -0.1) is 0 Å². The third kappa shape index (κ3) is 4.23. The summed E-state index contributed by atoms with van der Waals surface area (Å²) in [6, 6.07) is 20.0. The number of pyridine rings is 1. The van der Waals surface area contributed by atoms with Crippen LogP contribution in [-0.4, -0.2) is 19.7 Å². The molecule has 4 rings (SSSR count). The Balaban J connectivity index is 1.67. The lowest BCUT2D eigenvalue weighted by Gasteiger charge is -2.06. The predicted molar refractivity (Wildman–Crippen MR) is 112 cm³/mol. The molecule has 2 aromatic carbocycles. The molecule has 0 spiro atoms. The second-order valence-electron chi connectivity index (χ2n) is 6.58. The molecule has 0 saturated heterocycles. The monoisotopic (exact) mass is 414 g/mol. The van der Waals surface area contributed by atoms with E-state index in [0.29, 0.717) is 11.5 Å². The van der Waals surface area contributed by atoms with Gasteiger partial charge in [0.1, 0.15) is 17.7 Å². The van der Waals surface area contributed by atoms with Gasteiger partial charge in [-0.1, -0.05) is 18.2 Å². The Morgan fingerprint density at radius 1 is 1.10 bits per heavy atom. The van der Waals surface area contributed by atoms with Crippen molar-refractivity contribution in [1.29, 1.82) is 5.26 Å². The van der Waals surface area contributed by atoms with Crippen molar-refractivity contribution in [1.82, 2.24) is 14.8 Å². The molecule has 0 bridgehead atoms. The Bertz CT molecular complexity index is 1280. The van der Waals surface area contributed by atoms with E-state index in [4.69, 9.17) is 5.26 Å². The fourth-order valence-corrected chi connectivity index (χ4v) is 3.07. The second kappa shape index (κ2) is 8.42. The van der Waals surface area contributed by atoms with E-state index in [1.165, 1.54) is 24.3 Å².